The fourth-order valence-electron chi connectivity index (χ4n) is 0.687. The lowest BCUT2D eigenvalue weighted by molar-refractivity contribution is 0.762. The van der Waals surface area contributed by atoms with Crippen molar-refractivity contribution in [1.82, 2.24) is 15.2 Å². The molecule has 0 aliphatic rings. The van der Waals surface area contributed by atoms with Crippen LogP contribution in [0.1, 0.15) is 19.2 Å². The molecule has 4 heteroatoms. The lowest BCUT2D eigenvalue weighted by Crippen LogP contribution is -1.96. The zero-order chi connectivity index (χ0) is 7.40. The Balaban J connectivity index is 2.28. The Kier molecular flexibility index (Phi) is 2.68. The first kappa shape index (κ1) is 7.54. The molecule has 0 aliphatic heterocycles. The van der Waals surface area contributed by atoms with Gasteiger partial charge >= 0.3 is 0 Å². The third-order valence-corrected chi connectivity index (χ3v) is 1.46. The van der Waals surface area contributed by atoms with Crippen LogP contribution in [0.2, 0.25) is 0 Å². The fourth-order valence-corrected chi connectivity index (χ4v) is 0.796. The van der Waals surface area contributed by atoms with Crippen molar-refractivity contribution >= 4 is 11.6 Å². The van der Waals surface area contributed by atoms with Crippen molar-refractivity contribution in [3.8, 4) is 0 Å². The van der Waals surface area contributed by atoms with E-state index in [1.54, 1.807) is 0 Å². The van der Waals surface area contributed by atoms with Gasteiger partial charge in [0.2, 0.25) is 0 Å². The average Bonchev–Trinajstić information content (AvgIpc) is 2.34. The number of nitrogens with one attached hydrogen (secondary N) is 1. The van der Waals surface area contributed by atoms with Gasteiger partial charge in [0, 0.05) is 11.8 Å². The Hall–Kier alpha value is -0.570. The van der Waals surface area contributed by atoms with Crippen molar-refractivity contribution in [3.63, 3.8) is 0 Å². The number of hydrogen-bond acceptors (Lipinski definition) is 2. The summed E-state index contributed by atoms with van der Waals surface area (Å²) in [5.41, 5.74) is 0. The molecule has 10 heavy (non-hydrogen) atoms. The van der Waals surface area contributed by atoms with Crippen LogP contribution in [-0.4, -0.2) is 20.6 Å². The van der Waals surface area contributed by atoms with Crippen LogP contribution in [0.3, 0.4) is 0 Å². The Morgan fingerprint density at radius 1 is 1.80 bits per heavy atom. The molecule has 0 saturated heterocycles. The number of H-pyrrole nitrogens is 1. The van der Waals surface area contributed by atoms with Crippen LogP contribution in [0.4, 0.5) is 0 Å². The van der Waals surface area contributed by atoms with Crippen LogP contribution in [0, 0.1) is 0 Å². The zero-order valence-electron chi connectivity index (χ0n) is 5.84. The quantitative estimate of drug-likeness (QED) is 0.677. The van der Waals surface area contributed by atoms with Gasteiger partial charge in [-0.15, -0.1) is 11.6 Å². The van der Waals surface area contributed by atoms with Crippen LogP contribution in [-0.2, 0) is 6.42 Å². The summed E-state index contributed by atoms with van der Waals surface area (Å²) >= 11 is 5.73. The van der Waals surface area contributed by atoms with Gasteiger partial charge in [0.05, 0.1) is 0 Å². The van der Waals surface area contributed by atoms with Crippen LogP contribution in [0.25, 0.3) is 0 Å². The Bertz CT molecular complexity index is 171. The van der Waals surface area contributed by atoms with Gasteiger partial charge in [0.1, 0.15) is 12.2 Å². The summed E-state index contributed by atoms with van der Waals surface area (Å²) in [5.74, 6) is 0.910. The maximum absolute atomic E-state index is 5.73. The molecule has 1 N–H and O–H groups in total. The maximum Gasteiger partial charge on any atom is 0.137 e. The standard InChI is InChI=1S/C6H10ClN3/c1-5(7)2-3-6-8-4-9-10-6/h4-5H,2-3H2,1H3,(H,8,9,10). The second-order valence-electron chi connectivity index (χ2n) is 2.25. The topological polar surface area (TPSA) is 41.6 Å². The molecule has 1 aromatic rings. The zero-order valence-corrected chi connectivity index (χ0v) is 6.60. The smallest absolute Gasteiger partial charge is 0.137 e. The summed E-state index contributed by atoms with van der Waals surface area (Å²) in [7, 11) is 0. The molecule has 0 spiro atoms. The molecule has 56 valence electrons. The Morgan fingerprint density at radius 3 is 3.10 bits per heavy atom. The van der Waals surface area contributed by atoms with Crippen LogP contribution >= 0.6 is 11.6 Å². The Labute approximate surface area is 64.8 Å². The summed E-state index contributed by atoms with van der Waals surface area (Å²) in [5, 5.41) is 6.71. The van der Waals surface area contributed by atoms with Crippen molar-refractivity contribution in [2.45, 2.75) is 25.1 Å². The van der Waals surface area contributed by atoms with Gasteiger partial charge in [0.15, 0.2) is 0 Å². The van der Waals surface area contributed by atoms with Gasteiger partial charge < -0.3 is 0 Å². The second-order valence-corrected chi connectivity index (χ2v) is 3.00. The number of nitrogens with zero attached hydrogens (tertiary/aromatic N) is 2. The SMILES string of the molecule is CC(Cl)CCc1ncn[nH]1. The van der Waals surface area contributed by atoms with Gasteiger partial charge in [-0.05, 0) is 13.3 Å². The molecule has 0 saturated carbocycles. The van der Waals surface area contributed by atoms with Crippen molar-refractivity contribution in [1.29, 1.82) is 0 Å². The lowest BCUT2D eigenvalue weighted by atomic mass is 10.2. The molecule has 0 amide bonds. The fraction of sp³-hybridized carbons (Fsp3) is 0.667. The number of halogens is 1. The summed E-state index contributed by atoms with van der Waals surface area (Å²) in [4.78, 5) is 3.96. The second kappa shape index (κ2) is 3.56. The minimum Gasteiger partial charge on any atom is -0.263 e. The van der Waals surface area contributed by atoms with Gasteiger partial charge in [0.25, 0.3) is 0 Å². The molecule has 0 fully saturated rings. The van der Waals surface area contributed by atoms with Gasteiger partial charge in [-0.25, -0.2) is 4.98 Å². The first-order valence-electron chi connectivity index (χ1n) is 3.27. The lowest BCUT2D eigenvalue weighted by Gasteiger charge is -1.97. The van der Waals surface area contributed by atoms with E-state index in [4.69, 9.17) is 11.6 Å². The number of aromatic nitrogens is 3. The normalized spacial score (nSPS) is 13.4. The molecule has 1 heterocycles. The van der Waals surface area contributed by atoms with E-state index in [2.05, 4.69) is 15.2 Å². The molecule has 1 unspecified atom stereocenters. The van der Waals surface area contributed by atoms with E-state index in [1.807, 2.05) is 6.92 Å². The minimum absolute atomic E-state index is 0.213. The van der Waals surface area contributed by atoms with Crippen LogP contribution in [0.15, 0.2) is 6.33 Å². The molecule has 3 nitrogen and oxygen atoms in total. The molecular formula is C6H10ClN3. The van der Waals surface area contributed by atoms with E-state index >= 15 is 0 Å². The largest absolute Gasteiger partial charge is 0.263 e. The van der Waals surface area contributed by atoms with Gasteiger partial charge in [-0.2, -0.15) is 5.10 Å². The number of alkyl halides is 1. The van der Waals surface area contributed by atoms with Gasteiger partial charge in [-0.1, -0.05) is 0 Å². The highest BCUT2D eigenvalue weighted by atomic mass is 35.5. The third-order valence-electron chi connectivity index (χ3n) is 1.24. The highest BCUT2D eigenvalue weighted by molar-refractivity contribution is 6.20. The van der Waals surface area contributed by atoms with Crippen molar-refractivity contribution in [2.75, 3.05) is 0 Å². The van der Waals surface area contributed by atoms with Crippen LogP contribution < -0.4 is 0 Å². The van der Waals surface area contributed by atoms with Gasteiger partial charge in [-0.3, -0.25) is 5.10 Å². The molecule has 0 bridgehead atoms. The third kappa shape index (κ3) is 2.35. The van der Waals surface area contributed by atoms with E-state index in [0.29, 0.717) is 0 Å². The molecule has 0 aliphatic carbocycles. The van der Waals surface area contributed by atoms with Crippen molar-refractivity contribution in [3.05, 3.63) is 12.2 Å². The molecule has 0 radical (unpaired) electrons. The molecular weight excluding hydrogens is 150 g/mol. The predicted molar refractivity (Wildman–Crippen MR) is 40.0 cm³/mol. The van der Waals surface area contributed by atoms with Crippen molar-refractivity contribution in [2.24, 2.45) is 0 Å². The van der Waals surface area contributed by atoms with E-state index in [0.717, 1.165) is 18.7 Å². The maximum atomic E-state index is 5.73. The number of rotatable bonds is 3. The molecule has 1 rings (SSSR count). The van der Waals surface area contributed by atoms with E-state index in [1.165, 1.54) is 6.33 Å². The van der Waals surface area contributed by atoms with Crippen molar-refractivity contribution < 1.29 is 0 Å². The van der Waals surface area contributed by atoms with E-state index in [-0.39, 0.29) is 5.38 Å². The number of aromatic amines is 1. The molecule has 0 aromatic carbocycles. The number of hydrogen-bond donors (Lipinski definition) is 1. The highest BCUT2D eigenvalue weighted by Crippen LogP contribution is 2.03. The summed E-state index contributed by atoms with van der Waals surface area (Å²) in [6.45, 7) is 1.97. The predicted octanol–water partition coefficient (Wildman–Crippen LogP) is 1.36. The highest BCUT2D eigenvalue weighted by Gasteiger charge is 1.98. The van der Waals surface area contributed by atoms with E-state index in [9.17, 15) is 0 Å². The van der Waals surface area contributed by atoms with E-state index < -0.39 is 0 Å². The Morgan fingerprint density at radius 2 is 2.60 bits per heavy atom. The minimum atomic E-state index is 0.213. The first-order chi connectivity index (χ1) is 4.79. The van der Waals surface area contributed by atoms with Crippen LogP contribution in [0.5, 0.6) is 0 Å². The number of aryl methyl sites for hydroxylation is 1. The first-order valence-corrected chi connectivity index (χ1v) is 3.71. The molecule has 1 atom stereocenters. The average molecular weight is 160 g/mol. The summed E-state index contributed by atoms with van der Waals surface area (Å²) in [6.07, 6.45) is 3.33. The molecule has 1 aromatic heterocycles. The summed E-state index contributed by atoms with van der Waals surface area (Å²) < 4.78 is 0. The summed E-state index contributed by atoms with van der Waals surface area (Å²) in [6, 6.07) is 0. The monoisotopic (exact) mass is 159 g/mol.